The summed E-state index contributed by atoms with van der Waals surface area (Å²) in [5.41, 5.74) is 4.40. The highest BCUT2D eigenvalue weighted by Gasteiger charge is 2.37. The fourth-order valence-electron chi connectivity index (χ4n) is 3.59. The first-order valence-electron chi connectivity index (χ1n) is 7.97. The molecular formula is C19H19NO2S. The molecule has 23 heavy (non-hydrogen) atoms. The van der Waals surface area contributed by atoms with Gasteiger partial charge in [0.05, 0.1) is 4.90 Å². The Hall–Kier alpha value is -2.07. The van der Waals surface area contributed by atoms with E-state index in [-0.39, 0.29) is 5.92 Å². The van der Waals surface area contributed by atoms with Crippen molar-refractivity contribution in [1.29, 1.82) is 0 Å². The van der Waals surface area contributed by atoms with Crippen molar-refractivity contribution in [3.05, 3.63) is 70.9 Å². The first-order chi connectivity index (χ1) is 11.1. The van der Waals surface area contributed by atoms with Crippen LogP contribution in [-0.4, -0.2) is 19.3 Å². The van der Waals surface area contributed by atoms with E-state index in [0.29, 0.717) is 11.4 Å². The quantitative estimate of drug-likeness (QED) is 0.839. The summed E-state index contributed by atoms with van der Waals surface area (Å²) in [6.45, 7) is 2.52. The fourth-order valence-corrected chi connectivity index (χ4v) is 5.15. The van der Waals surface area contributed by atoms with Gasteiger partial charge in [0.25, 0.3) is 10.0 Å². The molecule has 3 nitrogen and oxygen atoms in total. The Bertz CT molecular complexity index is 882. The molecule has 1 aliphatic carbocycles. The van der Waals surface area contributed by atoms with Crippen LogP contribution in [0, 0.1) is 6.92 Å². The maximum atomic E-state index is 13.1. The SMILES string of the molecule is Cc1ccc(S(=O)(=O)N2CCCC3C2=Cc2ccccc23)cc1. The smallest absolute Gasteiger partial charge is 0.264 e. The van der Waals surface area contributed by atoms with Gasteiger partial charge in [0.2, 0.25) is 0 Å². The number of hydrogen-bond donors (Lipinski definition) is 0. The first-order valence-corrected chi connectivity index (χ1v) is 9.41. The van der Waals surface area contributed by atoms with Crippen LogP contribution in [0.25, 0.3) is 6.08 Å². The second-order valence-electron chi connectivity index (χ2n) is 6.28. The van der Waals surface area contributed by atoms with E-state index in [0.717, 1.165) is 29.7 Å². The van der Waals surface area contributed by atoms with Gasteiger partial charge in [-0.1, -0.05) is 42.0 Å². The summed E-state index contributed by atoms with van der Waals surface area (Å²) in [6, 6.07) is 15.3. The van der Waals surface area contributed by atoms with Crippen molar-refractivity contribution >= 4 is 16.1 Å². The number of piperidine rings is 1. The van der Waals surface area contributed by atoms with Crippen molar-refractivity contribution in [2.24, 2.45) is 0 Å². The van der Waals surface area contributed by atoms with Gasteiger partial charge in [-0.15, -0.1) is 0 Å². The highest BCUT2D eigenvalue weighted by Crippen LogP contribution is 2.45. The predicted octanol–water partition coefficient (Wildman–Crippen LogP) is 3.92. The van der Waals surface area contributed by atoms with Crippen molar-refractivity contribution < 1.29 is 8.42 Å². The molecule has 2 aliphatic rings. The van der Waals surface area contributed by atoms with Gasteiger partial charge in [-0.05, 0) is 49.1 Å². The lowest BCUT2D eigenvalue weighted by Crippen LogP contribution is -2.36. The molecule has 0 radical (unpaired) electrons. The van der Waals surface area contributed by atoms with E-state index in [9.17, 15) is 8.42 Å². The van der Waals surface area contributed by atoms with Gasteiger partial charge >= 0.3 is 0 Å². The summed E-state index contributed by atoms with van der Waals surface area (Å²) in [5.74, 6) is 0.208. The molecular weight excluding hydrogens is 306 g/mol. The third-order valence-corrected chi connectivity index (χ3v) is 6.62. The van der Waals surface area contributed by atoms with Gasteiger partial charge in [-0.3, -0.25) is 4.31 Å². The second kappa shape index (κ2) is 5.24. The van der Waals surface area contributed by atoms with Crippen LogP contribution in [-0.2, 0) is 10.0 Å². The molecule has 1 atom stereocenters. The molecule has 0 amide bonds. The highest BCUT2D eigenvalue weighted by molar-refractivity contribution is 7.89. The van der Waals surface area contributed by atoms with Crippen LogP contribution in [0.3, 0.4) is 0 Å². The van der Waals surface area contributed by atoms with Gasteiger partial charge in [-0.25, -0.2) is 8.42 Å². The minimum absolute atomic E-state index is 0.208. The first kappa shape index (κ1) is 14.5. The van der Waals surface area contributed by atoms with Gasteiger partial charge in [-0.2, -0.15) is 0 Å². The molecule has 2 aromatic rings. The number of benzene rings is 2. The molecule has 1 heterocycles. The van der Waals surface area contributed by atoms with Crippen LogP contribution < -0.4 is 0 Å². The lowest BCUT2D eigenvalue weighted by atomic mass is 9.92. The van der Waals surface area contributed by atoms with E-state index in [1.807, 2.05) is 37.3 Å². The lowest BCUT2D eigenvalue weighted by molar-refractivity contribution is 0.388. The zero-order valence-corrected chi connectivity index (χ0v) is 13.9. The average molecular weight is 325 g/mol. The van der Waals surface area contributed by atoms with E-state index in [1.54, 1.807) is 16.4 Å². The van der Waals surface area contributed by atoms with Crippen molar-refractivity contribution in [2.45, 2.75) is 30.6 Å². The van der Waals surface area contributed by atoms with Crippen LogP contribution in [0.4, 0.5) is 0 Å². The van der Waals surface area contributed by atoms with Crippen LogP contribution >= 0.6 is 0 Å². The third-order valence-electron chi connectivity index (χ3n) is 4.78. The molecule has 1 fully saturated rings. The Balaban J connectivity index is 1.77. The van der Waals surface area contributed by atoms with E-state index in [4.69, 9.17) is 0 Å². The minimum Gasteiger partial charge on any atom is -0.270 e. The lowest BCUT2D eigenvalue weighted by Gasteiger charge is -2.34. The fraction of sp³-hybridized carbons (Fsp3) is 0.263. The summed E-state index contributed by atoms with van der Waals surface area (Å²) >= 11 is 0. The Morgan fingerprint density at radius 1 is 1.04 bits per heavy atom. The number of allylic oxidation sites excluding steroid dienone is 1. The minimum atomic E-state index is -3.49. The van der Waals surface area contributed by atoms with Crippen molar-refractivity contribution in [1.82, 2.24) is 4.31 Å². The average Bonchev–Trinajstić information content (AvgIpc) is 2.93. The van der Waals surface area contributed by atoms with Crippen molar-refractivity contribution in [3.63, 3.8) is 0 Å². The van der Waals surface area contributed by atoms with Crippen LogP contribution in [0.15, 0.2) is 59.1 Å². The molecule has 0 bridgehead atoms. The van der Waals surface area contributed by atoms with Gasteiger partial charge < -0.3 is 0 Å². The molecule has 1 unspecified atom stereocenters. The number of sulfonamides is 1. The molecule has 1 saturated heterocycles. The van der Waals surface area contributed by atoms with Crippen LogP contribution in [0.1, 0.15) is 35.4 Å². The largest absolute Gasteiger partial charge is 0.270 e. The summed E-state index contributed by atoms with van der Waals surface area (Å²) in [5, 5.41) is 0. The Labute approximate surface area is 137 Å². The van der Waals surface area contributed by atoms with Gasteiger partial charge in [0, 0.05) is 18.2 Å². The van der Waals surface area contributed by atoms with Crippen molar-refractivity contribution in [3.8, 4) is 0 Å². The molecule has 118 valence electrons. The molecule has 0 saturated carbocycles. The van der Waals surface area contributed by atoms with E-state index in [1.165, 1.54) is 5.56 Å². The molecule has 1 aliphatic heterocycles. The van der Waals surface area contributed by atoms with Gasteiger partial charge in [0.1, 0.15) is 0 Å². The summed E-state index contributed by atoms with van der Waals surface area (Å²) in [7, 11) is -3.49. The Morgan fingerprint density at radius 3 is 2.57 bits per heavy atom. The van der Waals surface area contributed by atoms with Crippen molar-refractivity contribution in [2.75, 3.05) is 6.54 Å². The van der Waals surface area contributed by atoms with Crippen LogP contribution in [0.2, 0.25) is 0 Å². The Kier molecular flexibility index (Phi) is 3.31. The monoisotopic (exact) mass is 325 g/mol. The topological polar surface area (TPSA) is 37.4 Å². The van der Waals surface area contributed by atoms with E-state index in [2.05, 4.69) is 12.1 Å². The molecule has 0 spiro atoms. The predicted molar refractivity (Wildman–Crippen MR) is 91.5 cm³/mol. The van der Waals surface area contributed by atoms with E-state index >= 15 is 0 Å². The third kappa shape index (κ3) is 2.29. The number of aryl methyl sites for hydroxylation is 1. The Morgan fingerprint density at radius 2 is 1.78 bits per heavy atom. The molecule has 2 aromatic carbocycles. The maximum absolute atomic E-state index is 13.1. The van der Waals surface area contributed by atoms with Crippen LogP contribution in [0.5, 0.6) is 0 Å². The zero-order chi connectivity index (χ0) is 16.0. The molecule has 0 N–H and O–H groups in total. The molecule has 4 heteroatoms. The molecule has 0 aromatic heterocycles. The second-order valence-corrected chi connectivity index (χ2v) is 8.15. The molecule has 4 rings (SSSR count). The number of rotatable bonds is 2. The highest BCUT2D eigenvalue weighted by atomic mass is 32.2. The normalized spacial score (nSPS) is 20.0. The summed E-state index contributed by atoms with van der Waals surface area (Å²) < 4.78 is 27.8. The van der Waals surface area contributed by atoms with E-state index < -0.39 is 10.0 Å². The summed E-state index contributed by atoms with van der Waals surface area (Å²) in [6.07, 6.45) is 3.95. The standard InChI is InChI=1S/C19H19NO2S/c1-14-8-10-16(11-9-14)23(21,22)20-12-4-7-18-17-6-3-2-5-15(17)13-19(18)20/h2-3,5-6,8-11,13,18H,4,7,12H2,1H3. The van der Waals surface area contributed by atoms with Gasteiger partial charge in [0.15, 0.2) is 0 Å². The summed E-state index contributed by atoms with van der Waals surface area (Å²) in [4.78, 5) is 0.376. The number of fused-ring (bicyclic) bond motifs is 3. The number of nitrogens with zero attached hydrogens (tertiary/aromatic N) is 1. The zero-order valence-electron chi connectivity index (χ0n) is 13.1. The maximum Gasteiger partial charge on any atom is 0.264 e. The number of hydrogen-bond acceptors (Lipinski definition) is 2.